The zero-order valence-electron chi connectivity index (χ0n) is 17.1. The average Bonchev–Trinajstić information content (AvgIpc) is 2.99. The standard InChI is InChI=1S/C23H23F2NO3/c1-11-12(2)14(4)22-21(13(11)3)18(10-26(22)5)17(23(28)29)9-20(27)16-7-6-15(24)8-19(16)25/h6-8,10,17H,9H2,1-5H3,(H,28,29). The summed E-state index contributed by atoms with van der Waals surface area (Å²) in [7, 11) is 1.84. The van der Waals surface area contributed by atoms with Gasteiger partial charge in [-0.15, -0.1) is 0 Å². The number of aliphatic carboxylic acids is 1. The van der Waals surface area contributed by atoms with Crippen LogP contribution in [0, 0.1) is 39.3 Å². The maximum atomic E-state index is 14.0. The molecule has 1 N–H and O–H groups in total. The molecular weight excluding hydrogens is 376 g/mol. The third kappa shape index (κ3) is 3.43. The Morgan fingerprint density at radius 3 is 2.24 bits per heavy atom. The van der Waals surface area contributed by atoms with Crippen LogP contribution in [0.2, 0.25) is 0 Å². The van der Waals surface area contributed by atoms with Gasteiger partial charge < -0.3 is 9.67 Å². The lowest BCUT2D eigenvalue weighted by Crippen LogP contribution is -2.17. The summed E-state index contributed by atoms with van der Waals surface area (Å²) in [6, 6.07) is 2.67. The van der Waals surface area contributed by atoms with Crippen LogP contribution in [0.3, 0.4) is 0 Å². The van der Waals surface area contributed by atoms with Crippen LogP contribution in [-0.4, -0.2) is 21.4 Å². The molecule has 0 fully saturated rings. The number of benzene rings is 2. The van der Waals surface area contributed by atoms with Gasteiger partial charge in [-0.1, -0.05) is 0 Å². The van der Waals surface area contributed by atoms with E-state index in [0.29, 0.717) is 11.6 Å². The van der Waals surface area contributed by atoms with Gasteiger partial charge in [-0.2, -0.15) is 0 Å². The van der Waals surface area contributed by atoms with Crippen LogP contribution in [0.5, 0.6) is 0 Å². The Morgan fingerprint density at radius 2 is 1.66 bits per heavy atom. The molecular formula is C23H23F2NO3. The summed E-state index contributed by atoms with van der Waals surface area (Å²) in [5.41, 5.74) is 5.36. The van der Waals surface area contributed by atoms with E-state index in [1.54, 1.807) is 6.20 Å². The first-order valence-corrected chi connectivity index (χ1v) is 9.30. The molecule has 0 saturated heterocycles. The number of carboxylic acids is 1. The molecule has 1 atom stereocenters. The summed E-state index contributed by atoms with van der Waals surface area (Å²) in [6.45, 7) is 7.94. The van der Waals surface area contributed by atoms with E-state index >= 15 is 0 Å². The summed E-state index contributed by atoms with van der Waals surface area (Å²) in [4.78, 5) is 24.7. The van der Waals surface area contributed by atoms with E-state index < -0.39 is 35.7 Å². The van der Waals surface area contributed by atoms with E-state index in [4.69, 9.17) is 0 Å². The first-order valence-electron chi connectivity index (χ1n) is 9.30. The number of Topliss-reactive ketones (excluding diaryl/α,β-unsaturated/α-hetero) is 1. The second kappa shape index (κ2) is 7.43. The van der Waals surface area contributed by atoms with Gasteiger partial charge >= 0.3 is 5.97 Å². The summed E-state index contributed by atoms with van der Waals surface area (Å²) in [6.07, 6.45) is 1.32. The van der Waals surface area contributed by atoms with Gasteiger partial charge in [0, 0.05) is 31.1 Å². The Bertz CT molecular complexity index is 1160. The Hall–Kier alpha value is -3.02. The van der Waals surface area contributed by atoms with Gasteiger partial charge in [0.25, 0.3) is 0 Å². The van der Waals surface area contributed by atoms with Gasteiger partial charge in [0.2, 0.25) is 0 Å². The molecule has 1 aromatic heterocycles. The smallest absolute Gasteiger partial charge is 0.311 e. The third-order valence-corrected chi connectivity index (χ3v) is 5.92. The molecule has 3 rings (SSSR count). The predicted molar refractivity (Wildman–Crippen MR) is 108 cm³/mol. The highest BCUT2D eigenvalue weighted by molar-refractivity contribution is 6.01. The van der Waals surface area contributed by atoms with Crippen molar-refractivity contribution in [2.24, 2.45) is 7.05 Å². The second-order valence-corrected chi connectivity index (χ2v) is 7.56. The van der Waals surface area contributed by atoms with E-state index in [9.17, 15) is 23.5 Å². The van der Waals surface area contributed by atoms with Crippen LogP contribution in [0.15, 0.2) is 24.4 Å². The van der Waals surface area contributed by atoms with Gasteiger partial charge in [0.1, 0.15) is 11.6 Å². The molecule has 1 unspecified atom stereocenters. The highest BCUT2D eigenvalue weighted by atomic mass is 19.1. The van der Waals surface area contributed by atoms with Crippen LogP contribution >= 0.6 is 0 Å². The SMILES string of the molecule is Cc1c(C)c(C)c2c(c(C(CC(=O)c3ccc(F)cc3F)C(=O)O)cn2C)c1C. The summed E-state index contributed by atoms with van der Waals surface area (Å²) < 4.78 is 29.0. The molecule has 0 amide bonds. The maximum Gasteiger partial charge on any atom is 0.311 e. The topological polar surface area (TPSA) is 59.3 Å². The maximum absolute atomic E-state index is 14.0. The van der Waals surface area contributed by atoms with E-state index in [1.807, 2.05) is 39.3 Å². The number of carbonyl (C=O) groups is 2. The fourth-order valence-electron chi connectivity index (χ4n) is 4.03. The quantitative estimate of drug-likeness (QED) is 0.605. The minimum atomic E-state index is -1.16. The van der Waals surface area contributed by atoms with Crippen molar-refractivity contribution in [2.75, 3.05) is 0 Å². The molecule has 0 aliphatic rings. The Morgan fingerprint density at radius 1 is 1.03 bits per heavy atom. The van der Waals surface area contributed by atoms with Crippen molar-refractivity contribution in [2.45, 2.75) is 40.0 Å². The number of aromatic nitrogens is 1. The minimum absolute atomic E-state index is 0.308. The van der Waals surface area contributed by atoms with Gasteiger partial charge in [0.05, 0.1) is 17.0 Å². The largest absolute Gasteiger partial charge is 0.481 e. The van der Waals surface area contributed by atoms with Crippen LogP contribution < -0.4 is 0 Å². The zero-order valence-corrected chi connectivity index (χ0v) is 17.1. The molecule has 1 heterocycles. The van der Waals surface area contributed by atoms with Crippen molar-refractivity contribution in [3.8, 4) is 0 Å². The summed E-state index contributed by atoms with van der Waals surface area (Å²) in [5, 5.41) is 10.7. The summed E-state index contributed by atoms with van der Waals surface area (Å²) in [5.74, 6) is -4.76. The lowest BCUT2D eigenvalue weighted by atomic mass is 9.87. The zero-order chi connectivity index (χ0) is 21.6. The van der Waals surface area contributed by atoms with Crippen LogP contribution in [0.4, 0.5) is 8.78 Å². The van der Waals surface area contributed by atoms with E-state index in [2.05, 4.69) is 0 Å². The lowest BCUT2D eigenvalue weighted by Gasteiger charge is -2.16. The molecule has 0 aliphatic carbocycles. The number of carbonyl (C=O) groups excluding carboxylic acids is 1. The molecule has 0 saturated carbocycles. The Balaban J connectivity index is 2.15. The normalized spacial score (nSPS) is 12.4. The fourth-order valence-corrected chi connectivity index (χ4v) is 4.03. The first kappa shape index (κ1) is 20.7. The van der Waals surface area contributed by atoms with E-state index in [1.165, 1.54) is 0 Å². The number of aryl methyl sites for hydroxylation is 3. The lowest BCUT2D eigenvalue weighted by molar-refractivity contribution is -0.138. The molecule has 0 aliphatic heterocycles. The Kier molecular flexibility index (Phi) is 5.30. The van der Waals surface area contributed by atoms with E-state index in [0.717, 1.165) is 45.3 Å². The number of nitrogens with zero attached hydrogens (tertiary/aromatic N) is 1. The molecule has 2 aromatic carbocycles. The first-order chi connectivity index (χ1) is 13.5. The number of fused-ring (bicyclic) bond motifs is 1. The molecule has 3 aromatic rings. The van der Waals surface area contributed by atoms with Gasteiger partial charge in [-0.3, -0.25) is 9.59 Å². The number of halogens is 2. The van der Waals surface area contributed by atoms with Gasteiger partial charge in [0.15, 0.2) is 5.78 Å². The number of ketones is 1. The highest BCUT2D eigenvalue weighted by Gasteiger charge is 2.30. The van der Waals surface area contributed by atoms with Crippen LogP contribution in [0.1, 0.15) is 50.5 Å². The van der Waals surface area contributed by atoms with Crippen molar-refractivity contribution in [3.63, 3.8) is 0 Å². The van der Waals surface area contributed by atoms with Gasteiger partial charge in [-0.25, -0.2) is 8.78 Å². The predicted octanol–water partition coefficient (Wildman–Crippen LogP) is 5.13. The number of rotatable bonds is 5. The van der Waals surface area contributed by atoms with Crippen LogP contribution in [0.25, 0.3) is 10.9 Å². The fraction of sp³-hybridized carbons (Fsp3) is 0.304. The molecule has 152 valence electrons. The van der Waals surface area contributed by atoms with Crippen molar-refractivity contribution in [1.29, 1.82) is 0 Å². The molecule has 6 heteroatoms. The molecule has 29 heavy (non-hydrogen) atoms. The summed E-state index contributed by atoms with van der Waals surface area (Å²) >= 11 is 0. The van der Waals surface area contributed by atoms with Crippen LogP contribution in [-0.2, 0) is 11.8 Å². The average molecular weight is 399 g/mol. The number of hydrogen-bond acceptors (Lipinski definition) is 2. The van der Waals surface area contributed by atoms with Crippen molar-refractivity contribution in [1.82, 2.24) is 4.57 Å². The van der Waals surface area contributed by atoms with E-state index in [-0.39, 0.29) is 5.56 Å². The molecule has 4 nitrogen and oxygen atoms in total. The van der Waals surface area contributed by atoms with Crippen molar-refractivity contribution >= 4 is 22.7 Å². The van der Waals surface area contributed by atoms with Crippen molar-refractivity contribution in [3.05, 3.63) is 69.4 Å². The molecule has 0 spiro atoms. The van der Waals surface area contributed by atoms with Crippen molar-refractivity contribution < 1.29 is 23.5 Å². The highest BCUT2D eigenvalue weighted by Crippen LogP contribution is 2.37. The monoisotopic (exact) mass is 399 g/mol. The number of carboxylic acid groups (broad SMARTS) is 1. The Labute approximate surface area is 167 Å². The number of hydrogen-bond donors (Lipinski definition) is 1. The molecule has 0 radical (unpaired) electrons. The minimum Gasteiger partial charge on any atom is -0.481 e. The molecule has 0 bridgehead atoms. The second-order valence-electron chi connectivity index (χ2n) is 7.56. The van der Waals surface area contributed by atoms with Gasteiger partial charge in [-0.05, 0) is 67.6 Å². The third-order valence-electron chi connectivity index (χ3n) is 5.92.